The van der Waals surface area contributed by atoms with E-state index in [1.165, 1.54) is 17.5 Å². The van der Waals surface area contributed by atoms with Crippen molar-refractivity contribution >= 4 is 17.3 Å². The lowest BCUT2D eigenvalue weighted by Crippen LogP contribution is -1.99. The van der Waals surface area contributed by atoms with Crippen LogP contribution in [0.1, 0.15) is 30.0 Å². The van der Waals surface area contributed by atoms with E-state index in [9.17, 15) is 0 Å². The van der Waals surface area contributed by atoms with E-state index in [4.69, 9.17) is 11.6 Å². The van der Waals surface area contributed by atoms with Gasteiger partial charge in [0, 0.05) is 17.3 Å². The summed E-state index contributed by atoms with van der Waals surface area (Å²) in [5, 5.41) is 4.25. The molecule has 0 bridgehead atoms. The minimum atomic E-state index is 0.799. The Balaban J connectivity index is 1.96. The van der Waals surface area contributed by atoms with E-state index >= 15 is 0 Å². The van der Waals surface area contributed by atoms with Crippen LogP contribution in [0.5, 0.6) is 0 Å². The molecule has 2 aromatic rings. The Bertz CT molecular complexity index is 531. The molecule has 2 heteroatoms. The molecule has 0 saturated heterocycles. The van der Waals surface area contributed by atoms with Crippen molar-refractivity contribution in [1.82, 2.24) is 0 Å². The highest BCUT2D eigenvalue weighted by molar-refractivity contribution is 6.31. The largest absolute Gasteiger partial charge is 0.381 e. The highest BCUT2D eigenvalue weighted by atomic mass is 35.5. The molecule has 0 atom stereocenters. The second-order valence-corrected chi connectivity index (χ2v) is 5.29. The predicted molar refractivity (Wildman–Crippen MR) is 84.0 cm³/mol. The van der Waals surface area contributed by atoms with Gasteiger partial charge in [-0.15, -0.1) is 0 Å². The maximum absolute atomic E-state index is 6.12. The fraction of sp³-hybridized carbons (Fsp3) is 0.294. The van der Waals surface area contributed by atoms with Gasteiger partial charge in [-0.05, 0) is 48.2 Å². The highest BCUT2D eigenvalue weighted by Gasteiger charge is 1.99. The molecule has 0 saturated carbocycles. The Morgan fingerprint density at radius 1 is 1.00 bits per heavy atom. The smallest absolute Gasteiger partial charge is 0.0438 e. The van der Waals surface area contributed by atoms with Gasteiger partial charge in [0.25, 0.3) is 0 Å². The topological polar surface area (TPSA) is 12.0 Å². The summed E-state index contributed by atoms with van der Waals surface area (Å²) in [7, 11) is 0. The van der Waals surface area contributed by atoms with Crippen molar-refractivity contribution in [2.24, 2.45) is 0 Å². The number of benzene rings is 2. The lowest BCUT2D eigenvalue weighted by atomic mass is 10.1. The molecule has 0 aliphatic heterocycles. The third-order valence-corrected chi connectivity index (χ3v) is 3.63. The first-order valence-electron chi connectivity index (χ1n) is 6.77. The lowest BCUT2D eigenvalue weighted by molar-refractivity contribution is 0.922. The summed E-state index contributed by atoms with van der Waals surface area (Å²) in [6, 6.07) is 14.8. The Labute approximate surface area is 120 Å². The molecule has 0 unspecified atom stereocenters. The van der Waals surface area contributed by atoms with Crippen LogP contribution < -0.4 is 5.32 Å². The quantitative estimate of drug-likeness (QED) is 0.788. The number of hydrogen-bond donors (Lipinski definition) is 1. The Morgan fingerprint density at radius 2 is 1.68 bits per heavy atom. The Morgan fingerprint density at radius 3 is 2.32 bits per heavy atom. The van der Waals surface area contributed by atoms with Crippen molar-refractivity contribution in [3.63, 3.8) is 0 Å². The van der Waals surface area contributed by atoms with E-state index in [1.54, 1.807) is 0 Å². The molecule has 100 valence electrons. The minimum Gasteiger partial charge on any atom is -0.381 e. The molecule has 0 aromatic heterocycles. The minimum absolute atomic E-state index is 0.799. The Kier molecular flexibility index (Phi) is 4.86. The molecule has 2 rings (SSSR count). The third-order valence-electron chi connectivity index (χ3n) is 3.23. The standard InChI is InChI=1S/C17H20ClN/c1-3-4-14-7-9-16(10-8-14)19-12-15-6-5-13(2)17(18)11-15/h5-11,19H,3-4,12H2,1-2H3. The van der Waals surface area contributed by atoms with Crippen molar-refractivity contribution in [3.8, 4) is 0 Å². The molecule has 0 fully saturated rings. The molecular weight excluding hydrogens is 254 g/mol. The third kappa shape index (κ3) is 4.00. The average Bonchev–Trinajstić information content (AvgIpc) is 2.42. The molecule has 0 aliphatic carbocycles. The molecular formula is C17H20ClN. The van der Waals surface area contributed by atoms with Gasteiger partial charge < -0.3 is 5.32 Å². The molecule has 19 heavy (non-hydrogen) atoms. The van der Waals surface area contributed by atoms with Gasteiger partial charge in [0.2, 0.25) is 0 Å². The number of hydrogen-bond acceptors (Lipinski definition) is 1. The summed E-state index contributed by atoms with van der Waals surface area (Å²) < 4.78 is 0. The van der Waals surface area contributed by atoms with E-state index < -0.39 is 0 Å². The summed E-state index contributed by atoms with van der Waals surface area (Å²) in [6.07, 6.45) is 2.34. The van der Waals surface area contributed by atoms with E-state index in [2.05, 4.69) is 48.6 Å². The van der Waals surface area contributed by atoms with Crippen LogP contribution in [-0.2, 0) is 13.0 Å². The molecule has 0 spiro atoms. The van der Waals surface area contributed by atoms with Gasteiger partial charge in [-0.2, -0.15) is 0 Å². The molecule has 1 nitrogen and oxygen atoms in total. The van der Waals surface area contributed by atoms with Gasteiger partial charge >= 0.3 is 0 Å². The summed E-state index contributed by atoms with van der Waals surface area (Å²) in [5.41, 5.74) is 4.87. The van der Waals surface area contributed by atoms with E-state index in [-0.39, 0.29) is 0 Å². The van der Waals surface area contributed by atoms with Crippen LogP contribution in [0.4, 0.5) is 5.69 Å². The number of halogens is 1. The van der Waals surface area contributed by atoms with Crippen LogP contribution >= 0.6 is 11.6 Å². The first-order valence-corrected chi connectivity index (χ1v) is 7.14. The first-order chi connectivity index (χ1) is 9.19. The number of anilines is 1. The fourth-order valence-corrected chi connectivity index (χ4v) is 2.23. The number of rotatable bonds is 5. The van der Waals surface area contributed by atoms with Crippen LogP contribution in [0.15, 0.2) is 42.5 Å². The van der Waals surface area contributed by atoms with Crippen molar-refractivity contribution in [1.29, 1.82) is 0 Å². The zero-order valence-electron chi connectivity index (χ0n) is 11.5. The van der Waals surface area contributed by atoms with Crippen molar-refractivity contribution < 1.29 is 0 Å². The second kappa shape index (κ2) is 6.63. The van der Waals surface area contributed by atoms with Crippen LogP contribution in [0.3, 0.4) is 0 Å². The van der Waals surface area contributed by atoms with Gasteiger partial charge in [-0.25, -0.2) is 0 Å². The highest BCUT2D eigenvalue weighted by Crippen LogP contribution is 2.18. The van der Waals surface area contributed by atoms with Crippen LogP contribution in [0.2, 0.25) is 5.02 Å². The molecule has 2 aromatic carbocycles. The van der Waals surface area contributed by atoms with Crippen molar-refractivity contribution in [2.75, 3.05) is 5.32 Å². The van der Waals surface area contributed by atoms with Gasteiger partial charge in [-0.1, -0.05) is 49.2 Å². The summed E-state index contributed by atoms with van der Waals surface area (Å²) in [5.74, 6) is 0. The zero-order chi connectivity index (χ0) is 13.7. The summed E-state index contributed by atoms with van der Waals surface area (Å²) in [6.45, 7) is 5.02. The normalized spacial score (nSPS) is 10.5. The van der Waals surface area contributed by atoms with E-state index in [1.807, 2.05) is 13.0 Å². The summed E-state index contributed by atoms with van der Waals surface area (Å²) in [4.78, 5) is 0. The summed E-state index contributed by atoms with van der Waals surface area (Å²) >= 11 is 6.12. The monoisotopic (exact) mass is 273 g/mol. The zero-order valence-corrected chi connectivity index (χ0v) is 12.3. The van der Waals surface area contributed by atoms with Gasteiger partial charge in [0.05, 0.1) is 0 Å². The molecule has 0 amide bonds. The van der Waals surface area contributed by atoms with Crippen molar-refractivity contribution in [2.45, 2.75) is 33.2 Å². The number of nitrogens with one attached hydrogen (secondary N) is 1. The lowest BCUT2D eigenvalue weighted by Gasteiger charge is -2.08. The van der Waals surface area contributed by atoms with E-state index in [0.29, 0.717) is 0 Å². The second-order valence-electron chi connectivity index (χ2n) is 4.88. The maximum Gasteiger partial charge on any atom is 0.0438 e. The van der Waals surface area contributed by atoms with Crippen LogP contribution in [-0.4, -0.2) is 0 Å². The molecule has 1 N–H and O–H groups in total. The van der Waals surface area contributed by atoms with Gasteiger partial charge in [0.15, 0.2) is 0 Å². The first kappa shape index (κ1) is 14.0. The molecule has 0 heterocycles. The Hall–Kier alpha value is -1.47. The SMILES string of the molecule is CCCc1ccc(NCc2ccc(C)c(Cl)c2)cc1. The predicted octanol–water partition coefficient (Wildman–Crippen LogP) is 5.21. The maximum atomic E-state index is 6.12. The molecule has 0 radical (unpaired) electrons. The van der Waals surface area contributed by atoms with Crippen LogP contribution in [0, 0.1) is 6.92 Å². The van der Waals surface area contributed by atoms with Gasteiger partial charge in [-0.3, -0.25) is 0 Å². The average molecular weight is 274 g/mol. The number of aryl methyl sites for hydroxylation is 2. The van der Waals surface area contributed by atoms with E-state index in [0.717, 1.165) is 29.2 Å². The molecule has 0 aliphatic rings. The van der Waals surface area contributed by atoms with Crippen molar-refractivity contribution in [3.05, 3.63) is 64.2 Å². The van der Waals surface area contributed by atoms with Crippen LogP contribution in [0.25, 0.3) is 0 Å². The fourth-order valence-electron chi connectivity index (χ4n) is 2.03. The van der Waals surface area contributed by atoms with Gasteiger partial charge in [0.1, 0.15) is 0 Å².